The zero-order valence-electron chi connectivity index (χ0n) is 13.4. The summed E-state index contributed by atoms with van der Waals surface area (Å²) in [5.41, 5.74) is 2.52. The number of hydrogen-bond donors (Lipinski definition) is 1. The molecule has 0 aliphatic carbocycles. The van der Waals surface area contributed by atoms with Crippen molar-refractivity contribution in [1.29, 1.82) is 0 Å². The Hall–Kier alpha value is -3.08. The lowest BCUT2D eigenvalue weighted by atomic mass is 10.1. The first kappa shape index (κ1) is 16.8. The number of carbonyl (C=O) groups excluding carboxylic acids is 1. The Labute approximate surface area is 144 Å². The van der Waals surface area contributed by atoms with Gasteiger partial charge >= 0.3 is 0 Å². The van der Waals surface area contributed by atoms with E-state index in [-0.39, 0.29) is 5.91 Å². The van der Waals surface area contributed by atoms with Crippen LogP contribution in [0.5, 0.6) is 0 Å². The van der Waals surface area contributed by atoms with E-state index in [4.69, 9.17) is 0 Å². The third-order valence-corrected chi connectivity index (χ3v) is 3.80. The molecule has 0 atom stereocenters. The van der Waals surface area contributed by atoms with Crippen molar-refractivity contribution in [2.24, 2.45) is 0 Å². The van der Waals surface area contributed by atoms with Crippen LogP contribution in [0.3, 0.4) is 0 Å². The van der Waals surface area contributed by atoms with Crippen LogP contribution >= 0.6 is 0 Å². The van der Waals surface area contributed by atoms with Crippen molar-refractivity contribution in [2.45, 2.75) is 6.42 Å². The second-order valence-electron chi connectivity index (χ2n) is 5.58. The lowest BCUT2D eigenvalue weighted by Crippen LogP contribution is -2.25. The summed E-state index contributed by atoms with van der Waals surface area (Å²) < 4.78 is 26.4. The van der Waals surface area contributed by atoms with Crippen LogP contribution in [0, 0.1) is 11.6 Å². The van der Waals surface area contributed by atoms with E-state index in [1.807, 2.05) is 30.3 Å². The van der Waals surface area contributed by atoms with Crippen LogP contribution in [0.2, 0.25) is 0 Å². The molecule has 0 spiro atoms. The Morgan fingerprint density at radius 3 is 2.48 bits per heavy atom. The minimum absolute atomic E-state index is 0.257. The first-order valence-electron chi connectivity index (χ1n) is 7.86. The van der Waals surface area contributed by atoms with Gasteiger partial charge in [0.1, 0.15) is 0 Å². The molecule has 0 fully saturated rings. The molecule has 25 heavy (non-hydrogen) atoms. The van der Waals surface area contributed by atoms with E-state index in [2.05, 4.69) is 10.3 Å². The SMILES string of the molecule is O=C(NCCc1ccccc1)c1cncc(-c2ccc(F)c(F)c2)c1. The van der Waals surface area contributed by atoms with Crippen LogP contribution in [-0.2, 0) is 6.42 Å². The number of carbonyl (C=O) groups is 1. The molecule has 3 aromatic rings. The van der Waals surface area contributed by atoms with Crippen LogP contribution in [0.15, 0.2) is 67.0 Å². The summed E-state index contributed by atoms with van der Waals surface area (Å²) in [5.74, 6) is -2.10. The quantitative estimate of drug-likeness (QED) is 0.764. The molecule has 1 amide bonds. The van der Waals surface area contributed by atoms with Crippen molar-refractivity contribution < 1.29 is 13.6 Å². The van der Waals surface area contributed by atoms with E-state index >= 15 is 0 Å². The summed E-state index contributed by atoms with van der Waals surface area (Å²) in [7, 11) is 0. The summed E-state index contributed by atoms with van der Waals surface area (Å²) in [5, 5.41) is 2.83. The van der Waals surface area contributed by atoms with Crippen molar-refractivity contribution in [3.63, 3.8) is 0 Å². The van der Waals surface area contributed by atoms with E-state index in [1.165, 1.54) is 18.5 Å². The first-order valence-corrected chi connectivity index (χ1v) is 7.86. The molecule has 0 aliphatic heterocycles. The molecule has 0 saturated heterocycles. The van der Waals surface area contributed by atoms with Crippen molar-refractivity contribution in [3.8, 4) is 11.1 Å². The second kappa shape index (κ2) is 7.66. The number of amides is 1. The molecule has 1 heterocycles. The Morgan fingerprint density at radius 2 is 1.72 bits per heavy atom. The predicted octanol–water partition coefficient (Wildman–Crippen LogP) is 4.00. The molecule has 0 unspecified atom stereocenters. The maximum Gasteiger partial charge on any atom is 0.252 e. The lowest BCUT2D eigenvalue weighted by Gasteiger charge is -2.07. The number of pyridine rings is 1. The van der Waals surface area contributed by atoms with Gasteiger partial charge in [0.2, 0.25) is 0 Å². The van der Waals surface area contributed by atoms with Gasteiger partial charge in [0.15, 0.2) is 11.6 Å². The van der Waals surface area contributed by atoms with Crippen LogP contribution in [0.4, 0.5) is 8.78 Å². The van der Waals surface area contributed by atoms with Gasteiger partial charge in [0.25, 0.3) is 5.91 Å². The predicted molar refractivity (Wildman–Crippen MR) is 92.1 cm³/mol. The average molecular weight is 338 g/mol. The van der Waals surface area contributed by atoms with Crippen molar-refractivity contribution in [1.82, 2.24) is 10.3 Å². The summed E-state index contributed by atoms with van der Waals surface area (Å²) in [6, 6.07) is 15.0. The minimum Gasteiger partial charge on any atom is -0.352 e. The molecule has 0 aliphatic rings. The molecule has 3 rings (SSSR count). The summed E-state index contributed by atoms with van der Waals surface area (Å²) in [4.78, 5) is 16.3. The molecule has 1 aromatic heterocycles. The Kier molecular flexibility index (Phi) is 5.14. The normalized spacial score (nSPS) is 10.5. The fourth-order valence-corrected chi connectivity index (χ4v) is 2.46. The molecule has 1 N–H and O–H groups in total. The highest BCUT2D eigenvalue weighted by Gasteiger charge is 2.09. The van der Waals surface area contributed by atoms with E-state index in [1.54, 1.807) is 6.07 Å². The fourth-order valence-electron chi connectivity index (χ4n) is 2.46. The molecular weight excluding hydrogens is 322 g/mol. The van der Waals surface area contributed by atoms with Gasteiger partial charge in [-0.2, -0.15) is 0 Å². The topological polar surface area (TPSA) is 42.0 Å². The van der Waals surface area contributed by atoms with E-state index in [9.17, 15) is 13.6 Å². The van der Waals surface area contributed by atoms with Gasteiger partial charge < -0.3 is 5.32 Å². The third-order valence-electron chi connectivity index (χ3n) is 3.80. The Bertz CT molecular complexity index is 882. The minimum atomic E-state index is -0.935. The van der Waals surface area contributed by atoms with Gasteiger partial charge in [0.05, 0.1) is 5.56 Å². The van der Waals surface area contributed by atoms with Crippen molar-refractivity contribution in [2.75, 3.05) is 6.54 Å². The van der Waals surface area contributed by atoms with Gasteiger partial charge in [-0.3, -0.25) is 9.78 Å². The maximum absolute atomic E-state index is 13.4. The molecular formula is C20H16F2N2O. The van der Waals surface area contributed by atoms with Gasteiger partial charge in [-0.05, 0) is 35.7 Å². The highest BCUT2D eigenvalue weighted by molar-refractivity contribution is 5.95. The van der Waals surface area contributed by atoms with Crippen LogP contribution in [-0.4, -0.2) is 17.4 Å². The number of aromatic nitrogens is 1. The number of halogens is 2. The number of hydrogen-bond acceptors (Lipinski definition) is 2. The smallest absolute Gasteiger partial charge is 0.252 e. The molecule has 0 saturated carbocycles. The summed E-state index contributed by atoms with van der Waals surface area (Å²) in [6.45, 7) is 0.498. The number of nitrogens with zero attached hydrogens (tertiary/aromatic N) is 1. The maximum atomic E-state index is 13.4. The van der Waals surface area contributed by atoms with E-state index in [0.717, 1.165) is 24.1 Å². The zero-order chi connectivity index (χ0) is 17.6. The Morgan fingerprint density at radius 1 is 0.920 bits per heavy atom. The lowest BCUT2D eigenvalue weighted by molar-refractivity contribution is 0.0954. The number of rotatable bonds is 5. The number of nitrogens with one attached hydrogen (secondary N) is 1. The Balaban J connectivity index is 1.68. The van der Waals surface area contributed by atoms with Crippen LogP contribution < -0.4 is 5.32 Å². The second-order valence-corrected chi connectivity index (χ2v) is 5.58. The standard InChI is InChI=1S/C20H16F2N2O/c21-18-7-6-15(11-19(18)22)16-10-17(13-23-12-16)20(25)24-9-8-14-4-2-1-3-5-14/h1-7,10-13H,8-9H2,(H,24,25). The van der Waals surface area contributed by atoms with Gasteiger partial charge in [-0.25, -0.2) is 8.78 Å². The molecule has 126 valence electrons. The highest BCUT2D eigenvalue weighted by atomic mass is 19.2. The highest BCUT2D eigenvalue weighted by Crippen LogP contribution is 2.21. The zero-order valence-corrected chi connectivity index (χ0v) is 13.4. The van der Waals surface area contributed by atoms with E-state index < -0.39 is 11.6 Å². The van der Waals surface area contributed by atoms with Gasteiger partial charge in [-0.15, -0.1) is 0 Å². The average Bonchev–Trinajstić information content (AvgIpc) is 2.65. The van der Waals surface area contributed by atoms with Gasteiger partial charge in [-0.1, -0.05) is 36.4 Å². The molecule has 2 aromatic carbocycles. The third kappa shape index (κ3) is 4.26. The van der Waals surface area contributed by atoms with E-state index in [0.29, 0.717) is 23.2 Å². The van der Waals surface area contributed by atoms with Gasteiger partial charge in [0, 0.05) is 24.5 Å². The largest absolute Gasteiger partial charge is 0.352 e. The summed E-state index contributed by atoms with van der Waals surface area (Å²) in [6.07, 6.45) is 3.68. The number of benzene rings is 2. The van der Waals surface area contributed by atoms with Crippen molar-refractivity contribution in [3.05, 3.63) is 89.8 Å². The fraction of sp³-hybridized carbons (Fsp3) is 0.100. The van der Waals surface area contributed by atoms with Crippen molar-refractivity contribution >= 4 is 5.91 Å². The van der Waals surface area contributed by atoms with Crippen LogP contribution in [0.1, 0.15) is 15.9 Å². The molecule has 0 radical (unpaired) electrons. The summed E-state index contributed by atoms with van der Waals surface area (Å²) >= 11 is 0. The monoisotopic (exact) mass is 338 g/mol. The molecule has 0 bridgehead atoms. The van der Waals surface area contributed by atoms with Crippen LogP contribution in [0.25, 0.3) is 11.1 Å². The molecule has 3 nitrogen and oxygen atoms in total. The first-order chi connectivity index (χ1) is 12.1. The molecule has 5 heteroatoms.